The molecule has 0 amide bonds. The molecule has 0 bridgehead atoms. The van der Waals surface area contributed by atoms with Gasteiger partial charge in [0.1, 0.15) is 0 Å². The minimum absolute atomic E-state index is 0.0198. The summed E-state index contributed by atoms with van der Waals surface area (Å²) in [4.78, 5) is 11.6. The molecule has 1 heterocycles. The summed E-state index contributed by atoms with van der Waals surface area (Å²) < 4.78 is 15.4. The van der Waals surface area contributed by atoms with Crippen LogP contribution in [-0.4, -0.2) is 19.7 Å². The number of para-hydroxylation sites is 1. The van der Waals surface area contributed by atoms with Gasteiger partial charge in [-0.15, -0.1) is 0 Å². The van der Waals surface area contributed by atoms with E-state index < -0.39 is 5.97 Å². The molecule has 0 radical (unpaired) electrons. The first-order valence-corrected chi connectivity index (χ1v) is 5.21. The number of furan rings is 1. The minimum atomic E-state index is -0.566. The van der Waals surface area contributed by atoms with E-state index in [2.05, 4.69) is 0 Å². The third-order valence-electron chi connectivity index (χ3n) is 2.40. The summed E-state index contributed by atoms with van der Waals surface area (Å²) in [5.41, 5.74) is 6.57. The molecule has 0 saturated carbocycles. The van der Waals surface area contributed by atoms with E-state index in [1.165, 1.54) is 7.11 Å². The van der Waals surface area contributed by atoms with E-state index in [-0.39, 0.29) is 18.1 Å². The smallest absolute Gasteiger partial charge is 0.376 e. The maximum absolute atomic E-state index is 11.6. The normalized spacial score (nSPS) is 10.5. The van der Waals surface area contributed by atoms with Crippen LogP contribution in [0.4, 0.5) is 5.69 Å². The van der Waals surface area contributed by atoms with Crippen molar-refractivity contribution in [2.24, 2.45) is 0 Å². The van der Waals surface area contributed by atoms with Gasteiger partial charge in [-0.3, -0.25) is 0 Å². The van der Waals surface area contributed by atoms with Gasteiger partial charge in [0, 0.05) is 5.39 Å². The van der Waals surface area contributed by atoms with Gasteiger partial charge in [0.05, 0.1) is 19.4 Å². The summed E-state index contributed by atoms with van der Waals surface area (Å²) in [6.07, 6.45) is 0. The number of hydrogen-bond acceptors (Lipinski definition) is 5. The number of nitrogen functional groups attached to an aromatic ring is 1. The SMILES string of the molecule is CCOC(=O)c1oc2c(OC)cccc2c1N. The number of carbonyl (C=O) groups excluding carboxylic acids is 1. The highest BCUT2D eigenvalue weighted by molar-refractivity contribution is 6.04. The van der Waals surface area contributed by atoms with Crippen molar-refractivity contribution in [2.75, 3.05) is 19.5 Å². The third kappa shape index (κ3) is 1.80. The van der Waals surface area contributed by atoms with Crippen molar-refractivity contribution in [3.8, 4) is 5.75 Å². The van der Waals surface area contributed by atoms with E-state index >= 15 is 0 Å². The molecule has 0 unspecified atom stereocenters. The standard InChI is InChI=1S/C12H13NO4/c1-3-16-12(14)11-9(13)7-5-4-6-8(15-2)10(7)17-11/h4-6H,3,13H2,1-2H3. The quantitative estimate of drug-likeness (QED) is 0.825. The van der Waals surface area contributed by atoms with Crippen molar-refractivity contribution in [1.82, 2.24) is 0 Å². The number of benzene rings is 1. The second kappa shape index (κ2) is 4.37. The first kappa shape index (κ1) is 11.3. The van der Waals surface area contributed by atoms with Crippen LogP contribution in [0.2, 0.25) is 0 Å². The Kier molecular flexibility index (Phi) is 2.91. The summed E-state index contributed by atoms with van der Waals surface area (Å²) >= 11 is 0. The molecule has 1 aromatic heterocycles. The molecule has 0 fully saturated rings. The number of fused-ring (bicyclic) bond motifs is 1. The molecule has 0 aliphatic rings. The topological polar surface area (TPSA) is 74.7 Å². The Morgan fingerprint density at radius 2 is 2.24 bits per heavy atom. The summed E-state index contributed by atoms with van der Waals surface area (Å²) in [5.74, 6) is -0.0145. The van der Waals surface area contributed by atoms with Gasteiger partial charge >= 0.3 is 5.97 Å². The molecular weight excluding hydrogens is 222 g/mol. The number of carbonyl (C=O) groups is 1. The fourth-order valence-electron chi connectivity index (χ4n) is 1.62. The average molecular weight is 235 g/mol. The van der Waals surface area contributed by atoms with Gasteiger partial charge in [-0.05, 0) is 19.1 Å². The van der Waals surface area contributed by atoms with Crippen LogP contribution in [0, 0.1) is 0 Å². The van der Waals surface area contributed by atoms with E-state index in [1.807, 2.05) is 0 Å². The molecule has 2 aromatic rings. The van der Waals surface area contributed by atoms with Gasteiger partial charge in [0.25, 0.3) is 0 Å². The monoisotopic (exact) mass is 235 g/mol. The van der Waals surface area contributed by atoms with E-state index in [1.54, 1.807) is 25.1 Å². The zero-order valence-electron chi connectivity index (χ0n) is 9.65. The van der Waals surface area contributed by atoms with Gasteiger partial charge in [0.15, 0.2) is 11.3 Å². The van der Waals surface area contributed by atoms with E-state index in [4.69, 9.17) is 19.6 Å². The van der Waals surface area contributed by atoms with Crippen LogP contribution in [-0.2, 0) is 4.74 Å². The van der Waals surface area contributed by atoms with Gasteiger partial charge in [-0.25, -0.2) is 4.79 Å². The molecule has 0 spiro atoms. The van der Waals surface area contributed by atoms with Crippen molar-refractivity contribution in [1.29, 1.82) is 0 Å². The first-order chi connectivity index (χ1) is 8.19. The Hall–Kier alpha value is -2.17. The highest BCUT2D eigenvalue weighted by atomic mass is 16.5. The zero-order valence-corrected chi connectivity index (χ0v) is 9.65. The Labute approximate surface area is 98.1 Å². The maximum atomic E-state index is 11.6. The molecule has 0 aliphatic heterocycles. The molecule has 0 atom stereocenters. The molecule has 0 saturated heterocycles. The van der Waals surface area contributed by atoms with Crippen molar-refractivity contribution in [3.63, 3.8) is 0 Å². The number of anilines is 1. The lowest BCUT2D eigenvalue weighted by Crippen LogP contribution is -2.05. The predicted octanol–water partition coefficient (Wildman–Crippen LogP) is 2.20. The molecule has 90 valence electrons. The lowest BCUT2D eigenvalue weighted by molar-refractivity contribution is 0.0494. The summed E-state index contributed by atoms with van der Waals surface area (Å²) in [5, 5.41) is 0.646. The molecule has 0 aliphatic carbocycles. The van der Waals surface area contributed by atoms with Crippen LogP contribution in [0.3, 0.4) is 0 Å². The largest absolute Gasteiger partial charge is 0.493 e. The summed E-state index contributed by atoms with van der Waals surface area (Å²) in [7, 11) is 1.53. The number of methoxy groups -OCH3 is 1. The highest BCUT2D eigenvalue weighted by Gasteiger charge is 2.21. The van der Waals surface area contributed by atoms with Crippen molar-refractivity contribution in [3.05, 3.63) is 24.0 Å². The van der Waals surface area contributed by atoms with Crippen molar-refractivity contribution < 1.29 is 18.7 Å². The Morgan fingerprint density at radius 1 is 1.47 bits per heavy atom. The zero-order chi connectivity index (χ0) is 12.4. The van der Waals surface area contributed by atoms with E-state index in [0.29, 0.717) is 16.7 Å². The first-order valence-electron chi connectivity index (χ1n) is 5.21. The number of ether oxygens (including phenoxy) is 2. The second-order valence-electron chi connectivity index (χ2n) is 3.40. The molecule has 5 nitrogen and oxygen atoms in total. The number of rotatable bonds is 3. The molecular formula is C12H13NO4. The van der Waals surface area contributed by atoms with Gasteiger partial charge in [0.2, 0.25) is 5.76 Å². The van der Waals surface area contributed by atoms with E-state index in [9.17, 15) is 4.79 Å². The van der Waals surface area contributed by atoms with Crippen LogP contribution in [0.15, 0.2) is 22.6 Å². The molecule has 2 N–H and O–H groups in total. The fourth-order valence-corrected chi connectivity index (χ4v) is 1.62. The Bertz CT molecular complexity index is 559. The Morgan fingerprint density at radius 3 is 2.88 bits per heavy atom. The Balaban J connectivity index is 2.60. The summed E-state index contributed by atoms with van der Waals surface area (Å²) in [6.45, 7) is 1.99. The van der Waals surface area contributed by atoms with Gasteiger partial charge < -0.3 is 19.6 Å². The minimum Gasteiger partial charge on any atom is -0.493 e. The third-order valence-corrected chi connectivity index (χ3v) is 2.40. The lowest BCUT2D eigenvalue weighted by Gasteiger charge is -1.98. The summed E-state index contributed by atoms with van der Waals surface area (Å²) in [6, 6.07) is 5.28. The van der Waals surface area contributed by atoms with Crippen molar-refractivity contribution >= 4 is 22.6 Å². The maximum Gasteiger partial charge on any atom is 0.376 e. The van der Waals surface area contributed by atoms with Crippen LogP contribution in [0.25, 0.3) is 11.0 Å². The van der Waals surface area contributed by atoms with Gasteiger partial charge in [-0.2, -0.15) is 0 Å². The number of nitrogens with two attached hydrogens (primary N) is 1. The van der Waals surface area contributed by atoms with Crippen LogP contribution in [0.1, 0.15) is 17.5 Å². The molecule has 17 heavy (non-hydrogen) atoms. The molecule has 5 heteroatoms. The molecule has 1 aromatic carbocycles. The highest BCUT2D eigenvalue weighted by Crippen LogP contribution is 2.34. The predicted molar refractivity (Wildman–Crippen MR) is 63.1 cm³/mol. The van der Waals surface area contributed by atoms with Crippen molar-refractivity contribution in [2.45, 2.75) is 6.92 Å². The van der Waals surface area contributed by atoms with Crippen LogP contribution in [0.5, 0.6) is 5.75 Å². The van der Waals surface area contributed by atoms with Gasteiger partial charge in [-0.1, -0.05) is 6.07 Å². The lowest BCUT2D eigenvalue weighted by atomic mass is 10.2. The second-order valence-corrected chi connectivity index (χ2v) is 3.40. The fraction of sp³-hybridized carbons (Fsp3) is 0.250. The average Bonchev–Trinajstić information content (AvgIpc) is 2.67. The van der Waals surface area contributed by atoms with E-state index in [0.717, 1.165) is 0 Å². The number of esters is 1. The number of hydrogen-bond donors (Lipinski definition) is 1. The van der Waals surface area contributed by atoms with Crippen LogP contribution < -0.4 is 10.5 Å². The van der Waals surface area contributed by atoms with Crippen LogP contribution >= 0.6 is 0 Å². The molecule has 2 rings (SSSR count).